The number of hydrogen-bond donors (Lipinski definition) is 2. The molecule has 2 aromatic rings. The summed E-state index contributed by atoms with van der Waals surface area (Å²) in [6, 6.07) is 7.01. The number of nitrogens with one attached hydrogen (secondary N) is 2. The number of halogens is 1. The first-order chi connectivity index (χ1) is 12.6. The van der Waals surface area contributed by atoms with Gasteiger partial charge in [0.05, 0.1) is 10.7 Å². The SMILES string of the molecule is O=C(Nc1cccc(C(=O)N2CCCCC2)c1)c1n[nH]c(C2CC2)c1Cl. The number of aromatic amines is 1. The van der Waals surface area contributed by atoms with Gasteiger partial charge in [0.25, 0.3) is 11.8 Å². The van der Waals surface area contributed by atoms with E-state index >= 15 is 0 Å². The number of H-pyrrole nitrogens is 1. The summed E-state index contributed by atoms with van der Waals surface area (Å²) in [6.07, 6.45) is 5.41. The highest BCUT2D eigenvalue weighted by molar-refractivity contribution is 6.34. The van der Waals surface area contributed by atoms with E-state index in [1.54, 1.807) is 24.3 Å². The number of piperidine rings is 1. The van der Waals surface area contributed by atoms with E-state index in [0.717, 1.165) is 44.5 Å². The average Bonchev–Trinajstić information content (AvgIpc) is 3.44. The maximum Gasteiger partial charge on any atom is 0.277 e. The molecule has 2 fully saturated rings. The molecule has 4 rings (SSSR count). The molecule has 2 heterocycles. The van der Waals surface area contributed by atoms with Crippen LogP contribution < -0.4 is 5.32 Å². The third-order valence-electron chi connectivity index (χ3n) is 4.94. The fraction of sp³-hybridized carbons (Fsp3) is 0.421. The number of rotatable bonds is 4. The summed E-state index contributed by atoms with van der Waals surface area (Å²) >= 11 is 6.29. The molecule has 1 saturated carbocycles. The molecule has 2 amide bonds. The van der Waals surface area contributed by atoms with Crippen LogP contribution in [0.25, 0.3) is 0 Å². The van der Waals surface area contributed by atoms with Crippen molar-refractivity contribution in [1.82, 2.24) is 15.1 Å². The lowest BCUT2D eigenvalue weighted by Crippen LogP contribution is -2.35. The fourth-order valence-corrected chi connectivity index (χ4v) is 3.66. The predicted octanol–water partition coefficient (Wildman–Crippen LogP) is 3.82. The largest absolute Gasteiger partial charge is 0.339 e. The Hall–Kier alpha value is -2.34. The number of amides is 2. The van der Waals surface area contributed by atoms with Crippen molar-refractivity contribution in [3.8, 4) is 0 Å². The second-order valence-electron chi connectivity index (χ2n) is 6.96. The topological polar surface area (TPSA) is 78.1 Å². The van der Waals surface area contributed by atoms with Gasteiger partial charge in [-0.15, -0.1) is 0 Å². The lowest BCUT2D eigenvalue weighted by atomic mass is 10.1. The molecule has 0 bridgehead atoms. The summed E-state index contributed by atoms with van der Waals surface area (Å²) in [6.45, 7) is 1.59. The van der Waals surface area contributed by atoms with Crippen molar-refractivity contribution in [2.24, 2.45) is 0 Å². The number of anilines is 1. The third kappa shape index (κ3) is 3.46. The molecular formula is C19H21ClN4O2. The number of carbonyl (C=O) groups excluding carboxylic acids is 2. The van der Waals surface area contributed by atoms with Crippen LogP contribution in [0, 0.1) is 0 Å². The molecule has 7 heteroatoms. The number of hydrogen-bond acceptors (Lipinski definition) is 3. The van der Waals surface area contributed by atoms with Gasteiger partial charge in [-0.05, 0) is 50.3 Å². The highest BCUT2D eigenvalue weighted by Crippen LogP contribution is 2.42. The van der Waals surface area contributed by atoms with Crippen LogP contribution in [0.4, 0.5) is 5.69 Å². The van der Waals surface area contributed by atoms with E-state index in [0.29, 0.717) is 22.2 Å². The van der Waals surface area contributed by atoms with Crippen LogP contribution in [-0.4, -0.2) is 40.0 Å². The Morgan fingerprint density at radius 2 is 1.96 bits per heavy atom. The molecule has 1 aromatic heterocycles. The lowest BCUT2D eigenvalue weighted by Gasteiger charge is -2.26. The maximum absolute atomic E-state index is 12.6. The molecule has 0 atom stereocenters. The first-order valence-electron chi connectivity index (χ1n) is 9.08. The second kappa shape index (κ2) is 7.11. The van der Waals surface area contributed by atoms with Gasteiger partial charge in [0.2, 0.25) is 0 Å². The molecule has 0 spiro atoms. The Labute approximate surface area is 156 Å². The Bertz CT molecular complexity index is 838. The quantitative estimate of drug-likeness (QED) is 0.856. The molecule has 1 aliphatic heterocycles. The van der Waals surface area contributed by atoms with E-state index in [9.17, 15) is 9.59 Å². The van der Waals surface area contributed by atoms with Crippen LogP contribution >= 0.6 is 11.6 Å². The summed E-state index contributed by atoms with van der Waals surface area (Å²) in [5, 5.41) is 10.1. The van der Waals surface area contributed by atoms with Crippen LogP contribution in [-0.2, 0) is 0 Å². The van der Waals surface area contributed by atoms with E-state index in [2.05, 4.69) is 15.5 Å². The zero-order valence-electron chi connectivity index (χ0n) is 14.4. The Balaban J connectivity index is 1.48. The van der Waals surface area contributed by atoms with Gasteiger partial charge in [-0.3, -0.25) is 14.7 Å². The van der Waals surface area contributed by atoms with Gasteiger partial charge in [-0.25, -0.2) is 0 Å². The first-order valence-corrected chi connectivity index (χ1v) is 9.46. The van der Waals surface area contributed by atoms with Gasteiger partial charge in [0.15, 0.2) is 5.69 Å². The Kier molecular flexibility index (Phi) is 4.68. The van der Waals surface area contributed by atoms with Gasteiger partial charge >= 0.3 is 0 Å². The summed E-state index contributed by atoms with van der Waals surface area (Å²) in [5.74, 6) is 0.0254. The van der Waals surface area contributed by atoms with E-state index in [-0.39, 0.29) is 17.5 Å². The van der Waals surface area contributed by atoms with E-state index in [4.69, 9.17) is 11.6 Å². The second-order valence-corrected chi connectivity index (χ2v) is 7.34. The van der Waals surface area contributed by atoms with Gasteiger partial charge < -0.3 is 10.2 Å². The average molecular weight is 373 g/mol. The minimum atomic E-state index is -0.374. The fourth-order valence-electron chi connectivity index (χ4n) is 3.33. The smallest absolute Gasteiger partial charge is 0.277 e. The Morgan fingerprint density at radius 1 is 1.19 bits per heavy atom. The van der Waals surface area contributed by atoms with E-state index in [1.807, 2.05) is 4.90 Å². The number of likely N-dealkylation sites (tertiary alicyclic amines) is 1. The van der Waals surface area contributed by atoms with Crippen LogP contribution in [0.5, 0.6) is 0 Å². The van der Waals surface area contributed by atoms with Gasteiger partial charge in [0, 0.05) is 30.3 Å². The van der Waals surface area contributed by atoms with Crippen molar-refractivity contribution in [3.63, 3.8) is 0 Å². The molecule has 2 N–H and O–H groups in total. The van der Waals surface area contributed by atoms with Gasteiger partial charge in [0.1, 0.15) is 0 Å². The molecule has 26 heavy (non-hydrogen) atoms. The number of nitrogens with zero attached hydrogens (tertiary/aromatic N) is 2. The molecule has 1 aliphatic carbocycles. The minimum Gasteiger partial charge on any atom is -0.339 e. The molecule has 1 saturated heterocycles. The monoisotopic (exact) mass is 372 g/mol. The number of carbonyl (C=O) groups is 2. The summed E-state index contributed by atoms with van der Waals surface area (Å²) in [5.41, 5.74) is 2.17. The van der Waals surface area contributed by atoms with Crippen LogP contribution in [0.3, 0.4) is 0 Å². The molecule has 136 valence electrons. The van der Waals surface area contributed by atoms with Gasteiger partial charge in [-0.2, -0.15) is 5.10 Å². The zero-order chi connectivity index (χ0) is 18.1. The lowest BCUT2D eigenvalue weighted by molar-refractivity contribution is 0.0724. The zero-order valence-corrected chi connectivity index (χ0v) is 15.2. The van der Waals surface area contributed by atoms with Crippen LogP contribution in [0.2, 0.25) is 5.02 Å². The van der Waals surface area contributed by atoms with Crippen molar-refractivity contribution in [1.29, 1.82) is 0 Å². The predicted molar refractivity (Wildman–Crippen MR) is 99.7 cm³/mol. The number of benzene rings is 1. The van der Waals surface area contributed by atoms with Crippen molar-refractivity contribution in [2.75, 3.05) is 18.4 Å². The normalized spacial score (nSPS) is 17.2. The van der Waals surface area contributed by atoms with Crippen LogP contribution in [0.1, 0.15) is 64.6 Å². The van der Waals surface area contributed by atoms with Gasteiger partial charge in [-0.1, -0.05) is 17.7 Å². The molecule has 1 aromatic carbocycles. The highest BCUT2D eigenvalue weighted by atomic mass is 35.5. The molecule has 6 nitrogen and oxygen atoms in total. The highest BCUT2D eigenvalue weighted by Gasteiger charge is 2.30. The van der Waals surface area contributed by atoms with Crippen molar-refractivity contribution in [2.45, 2.75) is 38.0 Å². The summed E-state index contributed by atoms with van der Waals surface area (Å²) in [7, 11) is 0. The summed E-state index contributed by atoms with van der Waals surface area (Å²) < 4.78 is 0. The molecule has 0 radical (unpaired) electrons. The number of aromatic nitrogens is 2. The van der Waals surface area contributed by atoms with Crippen molar-refractivity contribution >= 4 is 29.1 Å². The molecule has 0 unspecified atom stereocenters. The van der Waals surface area contributed by atoms with Crippen LogP contribution in [0.15, 0.2) is 24.3 Å². The molecule has 2 aliphatic rings. The Morgan fingerprint density at radius 3 is 2.69 bits per heavy atom. The third-order valence-corrected chi connectivity index (χ3v) is 5.33. The maximum atomic E-state index is 12.6. The standard InChI is InChI=1S/C19H21ClN4O2/c20-15-16(12-7-8-12)22-23-17(15)18(25)21-14-6-4-5-13(11-14)19(26)24-9-2-1-3-10-24/h4-6,11-12H,1-3,7-10H2,(H,21,25)(H,22,23). The minimum absolute atomic E-state index is 0.00891. The first kappa shape index (κ1) is 17.1. The molecular weight excluding hydrogens is 352 g/mol. The van der Waals surface area contributed by atoms with Crippen molar-refractivity contribution in [3.05, 3.63) is 46.2 Å². The van der Waals surface area contributed by atoms with E-state index in [1.165, 1.54) is 6.42 Å². The summed E-state index contributed by atoms with van der Waals surface area (Å²) in [4.78, 5) is 27.0. The van der Waals surface area contributed by atoms with E-state index < -0.39 is 0 Å². The van der Waals surface area contributed by atoms with Crippen molar-refractivity contribution < 1.29 is 9.59 Å².